The predicted molar refractivity (Wildman–Crippen MR) is 81.1 cm³/mol. The van der Waals surface area contributed by atoms with Gasteiger partial charge in [-0.1, -0.05) is 30.3 Å². The quantitative estimate of drug-likeness (QED) is 0.607. The lowest BCUT2D eigenvalue weighted by Gasteiger charge is -2.36. The number of rotatable bonds is 4. The number of hydrogen-bond acceptors (Lipinski definition) is 6. The van der Waals surface area contributed by atoms with Gasteiger partial charge in [-0.05, 0) is 5.56 Å². The summed E-state index contributed by atoms with van der Waals surface area (Å²) in [5.74, 6) is -0.418. The van der Waals surface area contributed by atoms with Crippen LogP contribution in [-0.4, -0.2) is 60.6 Å². The number of epoxide rings is 1. The van der Waals surface area contributed by atoms with Crippen LogP contribution < -0.4 is 0 Å². The molecule has 2 saturated heterocycles. The van der Waals surface area contributed by atoms with Crippen LogP contribution in [0.4, 0.5) is 4.79 Å². The molecule has 2 heterocycles. The molecule has 2 aliphatic heterocycles. The molecule has 128 valence electrons. The van der Waals surface area contributed by atoms with Gasteiger partial charge < -0.3 is 23.8 Å². The number of fused-ring (bicyclic) bond motifs is 3. The van der Waals surface area contributed by atoms with Crippen LogP contribution in [0.25, 0.3) is 0 Å². The van der Waals surface area contributed by atoms with Crippen LogP contribution in [-0.2, 0) is 30.3 Å². The van der Waals surface area contributed by atoms with Crippen LogP contribution in [0.1, 0.15) is 12.5 Å². The lowest BCUT2D eigenvalue weighted by atomic mass is 9.87. The van der Waals surface area contributed by atoms with E-state index in [2.05, 4.69) is 0 Å². The molecule has 3 fully saturated rings. The number of ether oxygens (including phenoxy) is 4. The molecule has 1 aliphatic carbocycles. The van der Waals surface area contributed by atoms with E-state index < -0.39 is 36.4 Å². The maximum atomic E-state index is 11.9. The zero-order valence-electron chi connectivity index (χ0n) is 13.5. The van der Waals surface area contributed by atoms with Crippen LogP contribution in [0.3, 0.4) is 0 Å². The van der Waals surface area contributed by atoms with Gasteiger partial charge in [0.05, 0.1) is 6.61 Å². The summed E-state index contributed by atoms with van der Waals surface area (Å²) < 4.78 is 22.6. The predicted octanol–water partition coefficient (Wildman–Crippen LogP) is 1.10. The van der Waals surface area contributed by atoms with Gasteiger partial charge in [0.1, 0.15) is 24.4 Å². The van der Waals surface area contributed by atoms with Crippen LogP contribution >= 0.6 is 0 Å². The van der Waals surface area contributed by atoms with Gasteiger partial charge in [0.15, 0.2) is 12.2 Å². The molecule has 7 nitrogen and oxygen atoms in total. The summed E-state index contributed by atoms with van der Waals surface area (Å²) in [7, 11) is 1.64. The Morgan fingerprint density at radius 3 is 2.62 bits per heavy atom. The van der Waals surface area contributed by atoms with Crippen LogP contribution in [0.5, 0.6) is 0 Å². The number of nitrogens with zero attached hydrogens (tertiary/aromatic N) is 1. The van der Waals surface area contributed by atoms with Crippen molar-refractivity contribution in [2.24, 2.45) is 0 Å². The molecule has 0 N–H and O–H groups in total. The Kier molecular flexibility index (Phi) is 3.69. The molecular weight excluding hydrogens is 314 g/mol. The Balaban J connectivity index is 1.55. The highest BCUT2D eigenvalue weighted by molar-refractivity contribution is 5.71. The number of esters is 1. The highest BCUT2D eigenvalue weighted by atomic mass is 16.7. The number of amides is 1. The average molecular weight is 333 g/mol. The maximum absolute atomic E-state index is 11.9. The SMILES string of the molecule is CC(=O)O[C@@H]1[C@H](OCc2ccccc2)[C@@H]2O[C@@H]2[C@H]2OC(=O)N(C)[C@@H]12. The van der Waals surface area contributed by atoms with Gasteiger partial charge in [-0.25, -0.2) is 4.79 Å². The van der Waals surface area contributed by atoms with Crippen LogP contribution in [0.15, 0.2) is 30.3 Å². The third kappa shape index (κ3) is 2.53. The van der Waals surface area contributed by atoms with Crippen LogP contribution in [0.2, 0.25) is 0 Å². The van der Waals surface area contributed by atoms with Crippen molar-refractivity contribution in [1.82, 2.24) is 4.90 Å². The summed E-state index contributed by atoms with van der Waals surface area (Å²) in [6.07, 6.45) is -2.32. The summed E-state index contributed by atoms with van der Waals surface area (Å²) in [5, 5.41) is 0. The normalized spacial score (nSPS) is 36.6. The van der Waals surface area contributed by atoms with Gasteiger partial charge in [-0.2, -0.15) is 0 Å². The van der Waals surface area contributed by atoms with Gasteiger partial charge in [0.2, 0.25) is 0 Å². The first-order valence-electron chi connectivity index (χ1n) is 7.98. The summed E-state index contributed by atoms with van der Waals surface area (Å²) in [5.41, 5.74) is 1.02. The topological polar surface area (TPSA) is 77.6 Å². The smallest absolute Gasteiger partial charge is 0.410 e. The lowest BCUT2D eigenvalue weighted by molar-refractivity contribution is -0.166. The number of hydrogen-bond donors (Lipinski definition) is 0. The van der Waals surface area contributed by atoms with E-state index in [0.717, 1.165) is 5.56 Å². The summed E-state index contributed by atoms with van der Waals surface area (Å²) in [6, 6.07) is 9.34. The molecule has 4 rings (SSSR count). The Bertz CT molecular complexity index is 650. The zero-order chi connectivity index (χ0) is 16.8. The number of benzene rings is 1. The molecular formula is C17H19NO6. The van der Waals surface area contributed by atoms with Crippen molar-refractivity contribution in [2.75, 3.05) is 7.05 Å². The third-order valence-corrected chi connectivity index (χ3v) is 4.77. The molecule has 0 bridgehead atoms. The molecule has 0 unspecified atom stereocenters. The minimum atomic E-state index is -0.614. The van der Waals surface area contributed by atoms with E-state index in [1.807, 2.05) is 30.3 Å². The fourth-order valence-corrected chi connectivity index (χ4v) is 3.61. The molecule has 0 spiro atoms. The van der Waals surface area contributed by atoms with E-state index in [4.69, 9.17) is 18.9 Å². The second-order valence-corrected chi connectivity index (χ2v) is 6.35. The second-order valence-electron chi connectivity index (χ2n) is 6.35. The van der Waals surface area contributed by atoms with Gasteiger partial charge in [-0.3, -0.25) is 4.79 Å². The van der Waals surface area contributed by atoms with Crippen molar-refractivity contribution >= 4 is 12.1 Å². The minimum absolute atomic E-state index is 0.198. The average Bonchev–Trinajstić information content (AvgIpc) is 3.29. The summed E-state index contributed by atoms with van der Waals surface area (Å²) in [4.78, 5) is 24.9. The van der Waals surface area contributed by atoms with Crippen molar-refractivity contribution in [3.63, 3.8) is 0 Å². The van der Waals surface area contributed by atoms with Crippen molar-refractivity contribution in [3.05, 3.63) is 35.9 Å². The molecule has 1 aromatic carbocycles. The third-order valence-electron chi connectivity index (χ3n) is 4.77. The zero-order valence-corrected chi connectivity index (χ0v) is 13.5. The second kappa shape index (κ2) is 5.75. The molecule has 24 heavy (non-hydrogen) atoms. The monoisotopic (exact) mass is 333 g/mol. The van der Waals surface area contributed by atoms with E-state index in [1.54, 1.807) is 7.05 Å². The molecule has 3 aliphatic rings. The first kappa shape index (κ1) is 15.4. The summed E-state index contributed by atoms with van der Waals surface area (Å²) in [6.45, 7) is 1.73. The van der Waals surface area contributed by atoms with Crippen molar-refractivity contribution < 1.29 is 28.5 Å². The van der Waals surface area contributed by atoms with E-state index in [1.165, 1.54) is 11.8 Å². The highest BCUT2D eigenvalue weighted by Crippen LogP contribution is 2.45. The fourth-order valence-electron chi connectivity index (χ4n) is 3.61. The van der Waals surface area contributed by atoms with Gasteiger partial charge in [0, 0.05) is 14.0 Å². The Morgan fingerprint density at radius 2 is 1.92 bits per heavy atom. The number of carbonyl (C=O) groups is 2. The Morgan fingerprint density at radius 1 is 1.17 bits per heavy atom. The molecule has 7 heteroatoms. The highest BCUT2D eigenvalue weighted by Gasteiger charge is 2.68. The fraction of sp³-hybridized carbons (Fsp3) is 0.529. The Hall–Kier alpha value is -2.12. The van der Waals surface area contributed by atoms with Gasteiger partial charge >= 0.3 is 12.1 Å². The van der Waals surface area contributed by atoms with E-state index >= 15 is 0 Å². The van der Waals surface area contributed by atoms with Gasteiger partial charge in [-0.15, -0.1) is 0 Å². The molecule has 6 atom stereocenters. The van der Waals surface area contributed by atoms with Crippen molar-refractivity contribution in [2.45, 2.75) is 50.1 Å². The van der Waals surface area contributed by atoms with E-state index in [-0.39, 0.29) is 12.2 Å². The Labute approximate surface area is 139 Å². The molecule has 1 amide bonds. The van der Waals surface area contributed by atoms with Crippen molar-refractivity contribution in [3.8, 4) is 0 Å². The first-order chi connectivity index (χ1) is 11.6. The van der Waals surface area contributed by atoms with E-state index in [0.29, 0.717) is 6.61 Å². The molecule has 0 aromatic heterocycles. The molecule has 1 aromatic rings. The van der Waals surface area contributed by atoms with E-state index in [9.17, 15) is 9.59 Å². The minimum Gasteiger partial charge on any atom is -0.457 e. The number of likely N-dealkylation sites (N-methyl/N-ethyl adjacent to an activating group) is 1. The molecule has 0 radical (unpaired) electrons. The largest absolute Gasteiger partial charge is 0.457 e. The van der Waals surface area contributed by atoms with Crippen LogP contribution in [0, 0.1) is 0 Å². The lowest BCUT2D eigenvalue weighted by Crippen LogP contribution is -2.58. The van der Waals surface area contributed by atoms with Gasteiger partial charge in [0.25, 0.3) is 0 Å². The number of carbonyl (C=O) groups excluding carboxylic acids is 2. The standard InChI is InChI=1S/C17H19NO6/c1-9(19)22-12-11-13(24-17(20)18(11)2)15-16(23-15)14(12)21-8-10-6-4-3-5-7-10/h3-7,11-16H,8H2,1-2H3/t11-,12-,13-,14-,15+,16-/m0/s1. The first-order valence-corrected chi connectivity index (χ1v) is 7.98. The van der Waals surface area contributed by atoms with Crippen molar-refractivity contribution in [1.29, 1.82) is 0 Å². The maximum Gasteiger partial charge on any atom is 0.410 e. The summed E-state index contributed by atoms with van der Waals surface area (Å²) >= 11 is 0. The molecule has 1 saturated carbocycles.